The second-order valence-corrected chi connectivity index (χ2v) is 5.52. The normalized spacial score (nSPS) is 13.5. The number of hydrogen-bond acceptors (Lipinski definition) is 3. The zero-order valence-corrected chi connectivity index (χ0v) is 10.3. The molecule has 1 aromatic heterocycles. The molecule has 0 fully saturated rings. The van der Waals surface area contributed by atoms with E-state index in [2.05, 4.69) is 31.1 Å². The summed E-state index contributed by atoms with van der Waals surface area (Å²) in [4.78, 5) is 5.56. The van der Waals surface area contributed by atoms with E-state index in [0.717, 1.165) is 29.9 Å². The van der Waals surface area contributed by atoms with Crippen LogP contribution in [0.25, 0.3) is 0 Å². The van der Waals surface area contributed by atoms with Crippen molar-refractivity contribution in [2.24, 2.45) is 11.8 Å². The topological polar surface area (TPSA) is 24.9 Å². The summed E-state index contributed by atoms with van der Waals surface area (Å²) >= 11 is 1.77. The maximum atomic E-state index is 4.23. The molecule has 14 heavy (non-hydrogen) atoms. The molecule has 0 aliphatic carbocycles. The van der Waals surface area contributed by atoms with E-state index < -0.39 is 0 Å². The van der Waals surface area contributed by atoms with Crippen molar-refractivity contribution in [3.8, 4) is 0 Å². The molecule has 0 radical (unpaired) electrons. The van der Waals surface area contributed by atoms with E-state index in [9.17, 15) is 0 Å². The van der Waals surface area contributed by atoms with Gasteiger partial charge in [-0.25, -0.2) is 4.98 Å². The number of aryl methyl sites for hydroxylation is 1. The minimum absolute atomic E-state index is 0.740. The van der Waals surface area contributed by atoms with Gasteiger partial charge in [-0.3, -0.25) is 0 Å². The van der Waals surface area contributed by atoms with Crippen LogP contribution < -0.4 is 5.32 Å². The molecule has 3 heteroatoms. The highest BCUT2D eigenvalue weighted by atomic mass is 32.1. The number of nitrogens with zero attached hydrogens (tertiary/aromatic N) is 1. The second-order valence-electron chi connectivity index (χ2n) is 4.20. The van der Waals surface area contributed by atoms with Gasteiger partial charge in [0.1, 0.15) is 0 Å². The first-order valence-electron chi connectivity index (χ1n) is 5.21. The zero-order valence-electron chi connectivity index (χ0n) is 9.50. The van der Waals surface area contributed by atoms with Crippen molar-refractivity contribution in [3.05, 3.63) is 16.1 Å². The van der Waals surface area contributed by atoms with E-state index in [4.69, 9.17) is 0 Å². The van der Waals surface area contributed by atoms with Crippen LogP contribution in [0.4, 0.5) is 0 Å². The molecule has 1 unspecified atom stereocenters. The first-order chi connectivity index (χ1) is 6.59. The van der Waals surface area contributed by atoms with Crippen LogP contribution in [0.3, 0.4) is 0 Å². The lowest BCUT2D eigenvalue weighted by atomic mass is 9.98. The summed E-state index contributed by atoms with van der Waals surface area (Å²) in [6.07, 6.45) is 1.97. The summed E-state index contributed by atoms with van der Waals surface area (Å²) in [5.41, 5.74) is 0. The van der Waals surface area contributed by atoms with Crippen molar-refractivity contribution >= 4 is 11.3 Å². The number of hydrogen-bond donors (Lipinski definition) is 1. The van der Waals surface area contributed by atoms with E-state index in [-0.39, 0.29) is 0 Å². The van der Waals surface area contributed by atoms with Crippen molar-refractivity contribution in [3.63, 3.8) is 0 Å². The van der Waals surface area contributed by atoms with Crippen molar-refractivity contribution < 1.29 is 0 Å². The van der Waals surface area contributed by atoms with Gasteiger partial charge in [0, 0.05) is 17.6 Å². The Morgan fingerprint density at radius 1 is 1.43 bits per heavy atom. The molecule has 1 atom stereocenters. The van der Waals surface area contributed by atoms with Crippen LogP contribution in [-0.2, 0) is 6.54 Å². The molecule has 0 aliphatic rings. The molecule has 80 valence electrons. The number of thiazole rings is 1. The number of aromatic nitrogens is 1. The summed E-state index contributed by atoms with van der Waals surface area (Å²) in [5.74, 6) is 1.50. The van der Waals surface area contributed by atoms with Gasteiger partial charge in [-0.05, 0) is 25.3 Å². The van der Waals surface area contributed by atoms with Crippen molar-refractivity contribution in [1.29, 1.82) is 0 Å². The SMILES string of the molecule is Cc1ncc(CNCC(C)C(C)C)s1. The van der Waals surface area contributed by atoms with Crippen molar-refractivity contribution in [1.82, 2.24) is 10.3 Å². The predicted molar refractivity (Wildman–Crippen MR) is 62.6 cm³/mol. The average Bonchev–Trinajstić information content (AvgIpc) is 2.51. The van der Waals surface area contributed by atoms with Gasteiger partial charge < -0.3 is 5.32 Å². The molecule has 0 spiro atoms. The van der Waals surface area contributed by atoms with Crippen LogP contribution in [0.2, 0.25) is 0 Å². The third-order valence-electron chi connectivity index (χ3n) is 2.57. The van der Waals surface area contributed by atoms with Crippen LogP contribution in [0, 0.1) is 18.8 Å². The summed E-state index contributed by atoms with van der Waals surface area (Å²) in [7, 11) is 0. The van der Waals surface area contributed by atoms with Crippen LogP contribution in [-0.4, -0.2) is 11.5 Å². The van der Waals surface area contributed by atoms with Gasteiger partial charge in [-0.15, -0.1) is 11.3 Å². The maximum Gasteiger partial charge on any atom is 0.0897 e. The first kappa shape index (κ1) is 11.7. The van der Waals surface area contributed by atoms with E-state index in [0.29, 0.717) is 0 Å². The molecular formula is C11H20N2S. The molecule has 0 saturated heterocycles. The molecule has 1 aromatic rings. The van der Waals surface area contributed by atoms with Gasteiger partial charge in [0.2, 0.25) is 0 Å². The van der Waals surface area contributed by atoms with E-state index in [1.807, 2.05) is 13.1 Å². The molecule has 1 rings (SSSR count). The fraction of sp³-hybridized carbons (Fsp3) is 0.727. The van der Waals surface area contributed by atoms with E-state index in [1.165, 1.54) is 4.88 Å². The average molecular weight is 212 g/mol. The van der Waals surface area contributed by atoms with Crippen molar-refractivity contribution in [2.45, 2.75) is 34.2 Å². The summed E-state index contributed by atoms with van der Waals surface area (Å²) in [6.45, 7) is 10.9. The van der Waals surface area contributed by atoms with Gasteiger partial charge in [0.15, 0.2) is 0 Å². The number of rotatable bonds is 5. The molecule has 0 saturated carbocycles. The van der Waals surface area contributed by atoms with E-state index >= 15 is 0 Å². The van der Waals surface area contributed by atoms with Crippen LogP contribution in [0.5, 0.6) is 0 Å². The minimum atomic E-state index is 0.740. The minimum Gasteiger partial charge on any atom is -0.312 e. The lowest BCUT2D eigenvalue weighted by molar-refractivity contribution is 0.393. The Hall–Kier alpha value is -0.410. The predicted octanol–water partition coefficient (Wildman–Crippen LogP) is 2.83. The lowest BCUT2D eigenvalue weighted by Crippen LogP contribution is -2.23. The molecule has 0 aliphatic heterocycles. The summed E-state index contributed by atoms with van der Waals surface area (Å²) in [6, 6.07) is 0. The fourth-order valence-electron chi connectivity index (χ4n) is 1.15. The monoisotopic (exact) mass is 212 g/mol. The third kappa shape index (κ3) is 3.76. The molecule has 1 N–H and O–H groups in total. The highest BCUT2D eigenvalue weighted by Gasteiger charge is 2.06. The van der Waals surface area contributed by atoms with Crippen molar-refractivity contribution in [2.75, 3.05) is 6.54 Å². The highest BCUT2D eigenvalue weighted by molar-refractivity contribution is 7.11. The molecule has 0 amide bonds. The molecule has 0 bridgehead atoms. The van der Waals surface area contributed by atoms with E-state index in [1.54, 1.807) is 11.3 Å². The molecule has 2 nitrogen and oxygen atoms in total. The molecular weight excluding hydrogens is 192 g/mol. The van der Waals surface area contributed by atoms with Crippen LogP contribution in [0.15, 0.2) is 6.20 Å². The lowest BCUT2D eigenvalue weighted by Gasteiger charge is -2.15. The quantitative estimate of drug-likeness (QED) is 0.812. The Bertz CT molecular complexity index is 268. The molecule has 1 heterocycles. The Morgan fingerprint density at radius 2 is 2.14 bits per heavy atom. The van der Waals surface area contributed by atoms with Gasteiger partial charge in [0.05, 0.1) is 5.01 Å². The van der Waals surface area contributed by atoms with Crippen LogP contribution in [0.1, 0.15) is 30.7 Å². The van der Waals surface area contributed by atoms with Gasteiger partial charge >= 0.3 is 0 Å². The first-order valence-corrected chi connectivity index (χ1v) is 6.03. The Kier molecular flexibility index (Phi) is 4.55. The summed E-state index contributed by atoms with van der Waals surface area (Å²) < 4.78 is 0. The maximum absolute atomic E-state index is 4.23. The molecule has 0 aromatic carbocycles. The fourth-order valence-corrected chi connectivity index (χ4v) is 1.91. The standard InChI is InChI=1S/C11H20N2S/c1-8(2)9(3)5-12-6-11-7-13-10(4)14-11/h7-9,12H,5-6H2,1-4H3. The van der Waals surface area contributed by atoms with Gasteiger partial charge in [-0.2, -0.15) is 0 Å². The van der Waals surface area contributed by atoms with Crippen LogP contribution >= 0.6 is 11.3 Å². The Labute approximate surface area is 90.8 Å². The smallest absolute Gasteiger partial charge is 0.0897 e. The number of nitrogens with one attached hydrogen (secondary N) is 1. The third-order valence-corrected chi connectivity index (χ3v) is 3.49. The second kappa shape index (κ2) is 5.47. The Morgan fingerprint density at radius 3 is 2.64 bits per heavy atom. The zero-order chi connectivity index (χ0) is 10.6. The van der Waals surface area contributed by atoms with Gasteiger partial charge in [-0.1, -0.05) is 20.8 Å². The largest absolute Gasteiger partial charge is 0.312 e. The Balaban J connectivity index is 2.22. The summed E-state index contributed by atoms with van der Waals surface area (Å²) in [5, 5.41) is 4.62. The highest BCUT2D eigenvalue weighted by Crippen LogP contribution is 2.12. The van der Waals surface area contributed by atoms with Gasteiger partial charge in [0.25, 0.3) is 0 Å².